The van der Waals surface area contributed by atoms with Crippen LogP contribution in [0.2, 0.25) is 0 Å². The molecule has 138 valence electrons. The Bertz CT molecular complexity index is 953. The van der Waals surface area contributed by atoms with Crippen LogP contribution in [0.15, 0.2) is 59.8 Å². The molecular formula is C20H21N5O2. The average molecular weight is 363 g/mol. The Morgan fingerprint density at radius 3 is 2.78 bits per heavy atom. The number of benzene rings is 1. The van der Waals surface area contributed by atoms with Gasteiger partial charge >= 0.3 is 0 Å². The van der Waals surface area contributed by atoms with Crippen molar-refractivity contribution in [3.8, 4) is 17.4 Å². The number of nitrogens with one attached hydrogen (secondary N) is 1. The van der Waals surface area contributed by atoms with E-state index >= 15 is 0 Å². The molecule has 1 aliphatic heterocycles. The van der Waals surface area contributed by atoms with E-state index in [0.29, 0.717) is 17.3 Å². The van der Waals surface area contributed by atoms with Crippen molar-refractivity contribution in [3.63, 3.8) is 0 Å². The monoisotopic (exact) mass is 363 g/mol. The highest BCUT2D eigenvalue weighted by atomic mass is 16.5. The van der Waals surface area contributed by atoms with Gasteiger partial charge in [-0.3, -0.25) is 9.36 Å². The third kappa shape index (κ3) is 3.73. The molecule has 1 saturated heterocycles. The maximum absolute atomic E-state index is 12.5. The SMILES string of the molecule is Cn1c(OC(c2ccccc2)[C@H]2CCNC2)nc(-c2ccncn2)cc1=O. The van der Waals surface area contributed by atoms with Gasteiger partial charge in [-0.1, -0.05) is 30.3 Å². The van der Waals surface area contributed by atoms with Crippen molar-refractivity contribution in [1.29, 1.82) is 0 Å². The van der Waals surface area contributed by atoms with Crippen molar-refractivity contribution >= 4 is 0 Å². The molecule has 1 fully saturated rings. The second-order valence-electron chi connectivity index (χ2n) is 6.62. The van der Waals surface area contributed by atoms with Crippen LogP contribution < -0.4 is 15.6 Å². The number of rotatable bonds is 5. The largest absolute Gasteiger partial charge is 0.456 e. The topological polar surface area (TPSA) is 81.9 Å². The van der Waals surface area contributed by atoms with Crippen molar-refractivity contribution in [2.24, 2.45) is 13.0 Å². The van der Waals surface area contributed by atoms with Crippen molar-refractivity contribution in [2.45, 2.75) is 12.5 Å². The molecular weight excluding hydrogens is 342 g/mol. The van der Waals surface area contributed by atoms with E-state index in [-0.39, 0.29) is 17.7 Å². The summed E-state index contributed by atoms with van der Waals surface area (Å²) in [6, 6.07) is 13.6. The van der Waals surface area contributed by atoms with Gasteiger partial charge < -0.3 is 10.1 Å². The molecule has 3 aromatic rings. The molecule has 0 spiro atoms. The number of hydrogen-bond acceptors (Lipinski definition) is 6. The Morgan fingerprint density at radius 1 is 1.22 bits per heavy atom. The number of nitrogens with zero attached hydrogens (tertiary/aromatic N) is 4. The van der Waals surface area contributed by atoms with Gasteiger partial charge in [0.25, 0.3) is 11.6 Å². The third-order valence-corrected chi connectivity index (χ3v) is 4.83. The van der Waals surface area contributed by atoms with E-state index in [0.717, 1.165) is 25.1 Å². The van der Waals surface area contributed by atoms with E-state index in [9.17, 15) is 4.79 Å². The second-order valence-corrected chi connectivity index (χ2v) is 6.62. The van der Waals surface area contributed by atoms with E-state index in [1.165, 1.54) is 17.0 Å². The zero-order valence-electron chi connectivity index (χ0n) is 15.1. The van der Waals surface area contributed by atoms with Crippen LogP contribution in [-0.4, -0.2) is 32.6 Å². The number of hydrogen-bond donors (Lipinski definition) is 1. The molecule has 7 heteroatoms. The van der Waals surface area contributed by atoms with Crippen molar-refractivity contribution in [1.82, 2.24) is 24.8 Å². The molecule has 7 nitrogen and oxygen atoms in total. The first-order valence-corrected chi connectivity index (χ1v) is 8.99. The predicted molar refractivity (Wildman–Crippen MR) is 101 cm³/mol. The van der Waals surface area contributed by atoms with E-state index in [1.807, 2.05) is 18.2 Å². The fourth-order valence-electron chi connectivity index (χ4n) is 3.33. The van der Waals surface area contributed by atoms with Gasteiger partial charge in [0.05, 0.1) is 11.4 Å². The first-order valence-electron chi connectivity index (χ1n) is 8.99. The van der Waals surface area contributed by atoms with Crippen molar-refractivity contribution < 1.29 is 4.74 Å². The summed E-state index contributed by atoms with van der Waals surface area (Å²) in [4.78, 5) is 25.1. The molecule has 0 bridgehead atoms. The third-order valence-electron chi connectivity index (χ3n) is 4.83. The summed E-state index contributed by atoms with van der Waals surface area (Å²) in [5.41, 5.74) is 1.95. The summed E-state index contributed by atoms with van der Waals surface area (Å²) in [5.74, 6) is 0.312. The Balaban J connectivity index is 1.72. The number of aromatic nitrogens is 4. The molecule has 27 heavy (non-hydrogen) atoms. The zero-order valence-corrected chi connectivity index (χ0v) is 15.1. The summed E-state index contributed by atoms with van der Waals surface area (Å²) < 4.78 is 7.76. The minimum atomic E-state index is -0.190. The molecule has 1 aliphatic rings. The van der Waals surface area contributed by atoms with Crippen molar-refractivity contribution in [3.05, 3.63) is 70.9 Å². The highest BCUT2D eigenvalue weighted by molar-refractivity contribution is 5.52. The summed E-state index contributed by atoms with van der Waals surface area (Å²) in [5, 5.41) is 3.39. The zero-order chi connectivity index (χ0) is 18.6. The van der Waals surface area contributed by atoms with Gasteiger partial charge in [-0.05, 0) is 24.6 Å². The van der Waals surface area contributed by atoms with Gasteiger partial charge in [0.15, 0.2) is 0 Å². The Hall–Kier alpha value is -3.06. The minimum Gasteiger partial charge on any atom is -0.456 e. The van der Waals surface area contributed by atoms with Gasteiger partial charge in [0.2, 0.25) is 0 Å². The van der Waals surface area contributed by atoms with Gasteiger partial charge in [0.1, 0.15) is 12.4 Å². The van der Waals surface area contributed by atoms with Crippen LogP contribution in [0.5, 0.6) is 6.01 Å². The van der Waals surface area contributed by atoms with Crippen LogP contribution in [0.1, 0.15) is 18.1 Å². The maximum atomic E-state index is 12.5. The smallest absolute Gasteiger partial charge is 0.300 e. The lowest BCUT2D eigenvalue weighted by Crippen LogP contribution is -2.26. The molecule has 0 saturated carbocycles. The standard InChI is InChI=1S/C20H21N5O2/c1-25-18(26)11-17(16-8-10-22-13-23-16)24-20(25)27-19(15-7-9-21-12-15)14-5-3-2-4-6-14/h2-6,8,10-11,13,15,19,21H,7,9,12H2,1H3/t15-,19?/m0/s1. The van der Waals surface area contributed by atoms with Gasteiger partial charge in [0, 0.05) is 31.8 Å². The molecule has 2 atom stereocenters. The molecule has 3 heterocycles. The van der Waals surface area contributed by atoms with E-state index in [2.05, 4.69) is 32.4 Å². The number of ether oxygens (including phenoxy) is 1. The van der Waals surface area contributed by atoms with Crippen LogP contribution >= 0.6 is 0 Å². The normalized spacial score (nSPS) is 17.6. The van der Waals surface area contributed by atoms with Crippen LogP contribution in [0.25, 0.3) is 11.4 Å². The van der Waals surface area contributed by atoms with Gasteiger partial charge in [-0.15, -0.1) is 0 Å². The van der Waals surface area contributed by atoms with Crippen LogP contribution in [-0.2, 0) is 7.05 Å². The van der Waals surface area contributed by atoms with Crippen molar-refractivity contribution in [2.75, 3.05) is 13.1 Å². The summed E-state index contributed by atoms with van der Waals surface area (Å²) in [6.45, 7) is 1.84. The summed E-state index contributed by atoms with van der Waals surface area (Å²) in [7, 11) is 1.67. The molecule has 1 N–H and O–H groups in total. The van der Waals surface area contributed by atoms with Crippen LogP contribution in [0.3, 0.4) is 0 Å². The maximum Gasteiger partial charge on any atom is 0.300 e. The Labute approximate surface area is 157 Å². The molecule has 0 radical (unpaired) electrons. The molecule has 0 amide bonds. The Morgan fingerprint density at radius 2 is 2.07 bits per heavy atom. The van der Waals surface area contributed by atoms with Gasteiger partial charge in [-0.25, -0.2) is 9.97 Å². The summed E-state index contributed by atoms with van der Waals surface area (Å²) >= 11 is 0. The Kier molecular flexibility index (Phi) is 4.93. The fourth-order valence-corrected chi connectivity index (χ4v) is 3.33. The quantitative estimate of drug-likeness (QED) is 0.746. The first kappa shape index (κ1) is 17.4. The molecule has 0 aliphatic carbocycles. The molecule has 1 aromatic carbocycles. The van der Waals surface area contributed by atoms with Crippen LogP contribution in [0.4, 0.5) is 0 Å². The van der Waals surface area contributed by atoms with Gasteiger partial charge in [-0.2, -0.15) is 4.98 Å². The molecule has 1 unspecified atom stereocenters. The first-order chi connectivity index (χ1) is 13.2. The lowest BCUT2D eigenvalue weighted by Gasteiger charge is -2.25. The van der Waals surface area contributed by atoms with E-state index < -0.39 is 0 Å². The lowest BCUT2D eigenvalue weighted by atomic mass is 9.95. The fraction of sp³-hybridized carbons (Fsp3) is 0.300. The highest BCUT2D eigenvalue weighted by Crippen LogP contribution is 2.31. The van der Waals surface area contributed by atoms with Crippen LogP contribution in [0, 0.1) is 5.92 Å². The predicted octanol–water partition coefficient (Wildman–Crippen LogP) is 1.97. The average Bonchev–Trinajstić information content (AvgIpc) is 3.25. The lowest BCUT2D eigenvalue weighted by molar-refractivity contribution is 0.124. The highest BCUT2D eigenvalue weighted by Gasteiger charge is 2.29. The molecule has 4 rings (SSSR count). The van der Waals surface area contributed by atoms with E-state index in [4.69, 9.17) is 4.74 Å². The second kappa shape index (κ2) is 7.67. The summed E-state index contributed by atoms with van der Waals surface area (Å²) in [6.07, 6.45) is 3.89. The van der Waals surface area contributed by atoms with E-state index in [1.54, 1.807) is 19.3 Å². The minimum absolute atomic E-state index is 0.181. The molecule has 2 aromatic heterocycles.